The standard InChI is InChI=1S/C14H15NO3/c1-8-6-11(16)12(9(2)13(8)17)14(18)10-4-3-5-15-7-10/h3-7,14,16-18H,1-2H3. The summed E-state index contributed by atoms with van der Waals surface area (Å²) in [6.45, 7) is 3.36. The van der Waals surface area contributed by atoms with Crippen LogP contribution in [0, 0.1) is 13.8 Å². The molecule has 1 aromatic carbocycles. The Hall–Kier alpha value is -2.07. The molecule has 0 bridgehead atoms. The molecule has 1 unspecified atom stereocenters. The topological polar surface area (TPSA) is 73.6 Å². The number of pyridine rings is 1. The van der Waals surface area contributed by atoms with Crippen LogP contribution in [0.25, 0.3) is 0 Å². The van der Waals surface area contributed by atoms with Gasteiger partial charge < -0.3 is 15.3 Å². The summed E-state index contributed by atoms with van der Waals surface area (Å²) < 4.78 is 0. The lowest BCUT2D eigenvalue weighted by molar-refractivity contribution is 0.213. The van der Waals surface area contributed by atoms with Crippen LogP contribution in [0.4, 0.5) is 0 Å². The molecule has 1 aromatic heterocycles. The highest BCUT2D eigenvalue weighted by Gasteiger charge is 2.20. The van der Waals surface area contributed by atoms with Crippen molar-refractivity contribution in [2.75, 3.05) is 0 Å². The zero-order valence-electron chi connectivity index (χ0n) is 10.3. The fourth-order valence-electron chi connectivity index (χ4n) is 2.02. The number of rotatable bonds is 2. The van der Waals surface area contributed by atoms with Crippen molar-refractivity contribution in [1.82, 2.24) is 4.98 Å². The Kier molecular flexibility index (Phi) is 3.21. The van der Waals surface area contributed by atoms with Crippen LogP contribution in [0.5, 0.6) is 11.5 Å². The maximum Gasteiger partial charge on any atom is 0.122 e. The Morgan fingerprint density at radius 3 is 2.56 bits per heavy atom. The van der Waals surface area contributed by atoms with Gasteiger partial charge in [0.25, 0.3) is 0 Å². The third-order valence-corrected chi connectivity index (χ3v) is 3.04. The number of hydrogen-bond donors (Lipinski definition) is 3. The summed E-state index contributed by atoms with van der Waals surface area (Å²) in [4.78, 5) is 3.93. The van der Waals surface area contributed by atoms with Gasteiger partial charge in [-0.25, -0.2) is 0 Å². The summed E-state index contributed by atoms with van der Waals surface area (Å²) in [6.07, 6.45) is 2.13. The monoisotopic (exact) mass is 245 g/mol. The van der Waals surface area contributed by atoms with E-state index in [9.17, 15) is 15.3 Å². The van der Waals surface area contributed by atoms with E-state index in [0.717, 1.165) is 0 Å². The van der Waals surface area contributed by atoms with Gasteiger partial charge in [0, 0.05) is 29.1 Å². The summed E-state index contributed by atoms with van der Waals surface area (Å²) in [5, 5.41) is 30.1. The highest BCUT2D eigenvalue weighted by Crippen LogP contribution is 2.38. The molecule has 0 aliphatic rings. The number of phenols is 2. The molecule has 0 fully saturated rings. The lowest BCUT2D eigenvalue weighted by Gasteiger charge is -2.17. The first-order valence-electron chi connectivity index (χ1n) is 5.62. The highest BCUT2D eigenvalue weighted by molar-refractivity contribution is 5.54. The molecule has 0 radical (unpaired) electrons. The van der Waals surface area contributed by atoms with E-state index in [1.54, 1.807) is 32.2 Å². The number of aromatic nitrogens is 1. The summed E-state index contributed by atoms with van der Waals surface area (Å²) in [5.74, 6) is 0.0601. The zero-order valence-corrected chi connectivity index (χ0v) is 10.3. The molecule has 0 saturated heterocycles. The average molecular weight is 245 g/mol. The van der Waals surface area contributed by atoms with Crippen molar-refractivity contribution >= 4 is 0 Å². The summed E-state index contributed by atoms with van der Waals surface area (Å²) in [7, 11) is 0. The molecule has 0 saturated carbocycles. The first kappa shape index (κ1) is 12.4. The van der Waals surface area contributed by atoms with Crippen LogP contribution in [0.15, 0.2) is 30.6 Å². The molecular formula is C14H15NO3. The molecule has 0 spiro atoms. The Morgan fingerprint density at radius 1 is 1.22 bits per heavy atom. The highest BCUT2D eigenvalue weighted by atomic mass is 16.3. The zero-order chi connectivity index (χ0) is 13.3. The smallest absolute Gasteiger partial charge is 0.122 e. The second kappa shape index (κ2) is 4.66. The minimum Gasteiger partial charge on any atom is -0.508 e. The van der Waals surface area contributed by atoms with Gasteiger partial charge in [-0.3, -0.25) is 4.98 Å². The Bertz CT molecular complexity index is 567. The number of phenolic OH excluding ortho intramolecular Hbond substituents is 2. The number of aromatic hydroxyl groups is 2. The van der Waals surface area contributed by atoms with Crippen molar-refractivity contribution in [3.8, 4) is 11.5 Å². The molecule has 1 heterocycles. The summed E-state index contributed by atoms with van der Waals surface area (Å²) >= 11 is 0. The lowest BCUT2D eigenvalue weighted by Crippen LogP contribution is -2.03. The normalized spacial score (nSPS) is 12.4. The van der Waals surface area contributed by atoms with Crippen LogP contribution in [-0.4, -0.2) is 20.3 Å². The first-order chi connectivity index (χ1) is 8.52. The molecule has 0 aliphatic carbocycles. The summed E-state index contributed by atoms with van der Waals surface area (Å²) in [5.41, 5.74) is 1.93. The summed E-state index contributed by atoms with van der Waals surface area (Å²) in [6, 6.07) is 4.86. The van der Waals surface area contributed by atoms with Gasteiger partial charge in [0.1, 0.15) is 17.6 Å². The third-order valence-electron chi connectivity index (χ3n) is 3.04. The van der Waals surface area contributed by atoms with Gasteiger partial charge in [0.05, 0.1) is 0 Å². The van der Waals surface area contributed by atoms with Crippen molar-refractivity contribution in [1.29, 1.82) is 0 Å². The van der Waals surface area contributed by atoms with Gasteiger partial charge in [0.2, 0.25) is 0 Å². The average Bonchev–Trinajstić information content (AvgIpc) is 2.37. The van der Waals surface area contributed by atoms with Crippen molar-refractivity contribution < 1.29 is 15.3 Å². The molecule has 1 atom stereocenters. The molecule has 3 N–H and O–H groups in total. The van der Waals surface area contributed by atoms with Gasteiger partial charge in [-0.15, -0.1) is 0 Å². The molecule has 2 rings (SSSR count). The SMILES string of the molecule is Cc1cc(O)c(C(O)c2cccnc2)c(C)c1O. The molecule has 0 amide bonds. The second-order valence-electron chi connectivity index (χ2n) is 4.29. The van der Waals surface area contributed by atoms with E-state index in [-0.39, 0.29) is 11.5 Å². The fraction of sp³-hybridized carbons (Fsp3) is 0.214. The number of benzene rings is 1. The maximum atomic E-state index is 10.3. The van der Waals surface area contributed by atoms with Gasteiger partial charge in [-0.2, -0.15) is 0 Å². The number of aliphatic hydroxyl groups excluding tert-OH is 1. The quantitative estimate of drug-likeness (QED) is 0.709. The molecule has 2 aromatic rings. The van der Waals surface area contributed by atoms with Crippen molar-refractivity contribution in [2.45, 2.75) is 20.0 Å². The predicted octanol–water partition coefficient (Wildman–Crippen LogP) is 2.19. The van der Waals surface area contributed by atoms with Crippen LogP contribution in [-0.2, 0) is 0 Å². The van der Waals surface area contributed by atoms with Gasteiger partial charge >= 0.3 is 0 Å². The van der Waals surface area contributed by atoms with E-state index in [0.29, 0.717) is 22.3 Å². The van der Waals surface area contributed by atoms with Crippen molar-refractivity contribution in [3.63, 3.8) is 0 Å². The third kappa shape index (κ3) is 2.02. The molecule has 0 aliphatic heterocycles. The van der Waals surface area contributed by atoms with Crippen LogP contribution in [0.3, 0.4) is 0 Å². The Morgan fingerprint density at radius 2 is 1.94 bits per heavy atom. The fourth-order valence-corrected chi connectivity index (χ4v) is 2.02. The molecular weight excluding hydrogens is 230 g/mol. The van der Waals surface area contributed by atoms with E-state index in [4.69, 9.17) is 0 Å². The predicted molar refractivity (Wildman–Crippen MR) is 67.5 cm³/mol. The Balaban J connectivity index is 2.55. The van der Waals surface area contributed by atoms with E-state index < -0.39 is 6.10 Å². The minimum absolute atomic E-state index is 0.0286. The van der Waals surface area contributed by atoms with Crippen molar-refractivity contribution in [2.24, 2.45) is 0 Å². The number of aryl methyl sites for hydroxylation is 1. The molecule has 18 heavy (non-hydrogen) atoms. The van der Waals surface area contributed by atoms with E-state index >= 15 is 0 Å². The van der Waals surface area contributed by atoms with Crippen LogP contribution in [0.1, 0.15) is 28.4 Å². The van der Waals surface area contributed by atoms with E-state index in [2.05, 4.69) is 4.98 Å². The molecule has 4 nitrogen and oxygen atoms in total. The number of aliphatic hydroxyl groups is 1. The van der Waals surface area contributed by atoms with E-state index in [1.807, 2.05) is 0 Å². The van der Waals surface area contributed by atoms with Crippen molar-refractivity contribution in [3.05, 3.63) is 52.8 Å². The maximum absolute atomic E-state index is 10.3. The number of hydrogen-bond acceptors (Lipinski definition) is 4. The van der Waals surface area contributed by atoms with Gasteiger partial charge in [0.15, 0.2) is 0 Å². The number of nitrogens with zero attached hydrogens (tertiary/aromatic N) is 1. The van der Waals surface area contributed by atoms with Crippen LogP contribution < -0.4 is 0 Å². The molecule has 94 valence electrons. The molecule has 4 heteroatoms. The van der Waals surface area contributed by atoms with Gasteiger partial charge in [-0.05, 0) is 31.5 Å². The van der Waals surface area contributed by atoms with Crippen LogP contribution >= 0.6 is 0 Å². The second-order valence-corrected chi connectivity index (χ2v) is 4.29. The minimum atomic E-state index is -1.01. The van der Waals surface area contributed by atoms with E-state index in [1.165, 1.54) is 12.3 Å². The largest absolute Gasteiger partial charge is 0.508 e. The van der Waals surface area contributed by atoms with Gasteiger partial charge in [-0.1, -0.05) is 6.07 Å². The first-order valence-corrected chi connectivity index (χ1v) is 5.62. The lowest BCUT2D eigenvalue weighted by atomic mass is 9.95. The van der Waals surface area contributed by atoms with Crippen LogP contribution in [0.2, 0.25) is 0 Å². The Labute approximate surface area is 105 Å².